The van der Waals surface area contributed by atoms with Crippen molar-refractivity contribution in [3.63, 3.8) is 0 Å². The molecule has 1 aliphatic heterocycles. The first-order valence-corrected chi connectivity index (χ1v) is 8.74. The number of pyridine rings is 1. The third kappa shape index (κ3) is 2.79. The summed E-state index contributed by atoms with van der Waals surface area (Å²) >= 11 is 6.07. The van der Waals surface area contributed by atoms with Crippen molar-refractivity contribution < 1.29 is 4.52 Å². The highest BCUT2D eigenvalue weighted by Gasteiger charge is 2.30. The van der Waals surface area contributed by atoms with Gasteiger partial charge in [0.05, 0.1) is 18.3 Å². The summed E-state index contributed by atoms with van der Waals surface area (Å²) in [7, 11) is 0. The predicted molar refractivity (Wildman–Crippen MR) is 98.8 cm³/mol. The Labute approximate surface area is 151 Å². The Bertz CT molecular complexity index is 904. The molecule has 0 aliphatic carbocycles. The highest BCUT2D eigenvalue weighted by atomic mass is 35.5. The summed E-state index contributed by atoms with van der Waals surface area (Å²) in [6.07, 6.45) is 1.83. The van der Waals surface area contributed by atoms with Crippen molar-refractivity contribution in [1.82, 2.24) is 15.5 Å². The number of nitrogens with zero attached hydrogens (tertiary/aromatic N) is 2. The van der Waals surface area contributed by atoms with Gasteiger partial charge in [0.1, 0.15) is 5.82 Å². The quantitative estimate of drug-likeness (QED) is 0.733. The summed E-state index contributed by atoms with van der Waals surface area (Å²) in [5.74, 6) is 1.73. The standard InChI is InChI=1S/C19H19ClN4O/c1-3-21-19-17-14(8-9-22-19)16-11(2)24-25-15(16)10-23-18(17)12-4-6-13(20)7-5-12/h4-9,18,23H,3,10H2,1-2H3,(H,21,22). The van der Waals surface area contributed by atoms with E-state index >= 15 is 0 Å². The Balaban J connectivity index is 1.95. The van der Waals surface area contributed by atoms with Gasteiger partial charge < -0.3 is 9.84 Å². The van der Waals surface area contributed by atoms with E-state index in [0.717, 1.165) is 51.1 Å². The molecule has 1 unspecified atom stereocenters. The number of hydrogen-bond donors (Lipinski definition) is 2. The van der Waals surface area contributed by atoms with Gasteiger partial charge in [-0.3, -0.25) is 5.32 Å². The second kappa shape index (κ2) is 6.50. The van der Waals surface area contributed by atoms with Gasteiger partial charge in [0.15, 0.2) is 5.76 Å². The molecule has 3 heterocycles. The van der Waals surface area contributed by atoms with Gasteiger partial charge in [0.25, 0.3) is 0 Å². The van der Waals surface area contributed by atoms with Crippen molar-refractivity contribution in [1.29, 1.82) is 0 Å². The highest BCUT2D eigenvalue weighted by molar-refractivity contribution is 6.30. The Morgan fingerprint density at radius 3 is 2.84 bits per heavy atom. The average Bonchev–Trinajstić information content (AvgIpc) is 2.89. The van der Waals surface area contributed by atoms with Crippen LogP contribution in [0.5, 0.6) is 0 Å². The number of hydrogen-bond acceptors (Lipinski definition) is 5. The van der Waals surface area contributed by atoms with Crippen LogP contribution in [0.4, 0.5) is 5.82 Å². The lowest BCUT2D eigenvalue weighted by molar-refractivity contribution is 0.367. The van der Waals surface area contributed by atoms with Crippen LogP contribution in [0.3, 0.4) is 0 Å². The summed E-state index contributed by atoms with van der Waals surface area (Å²) in [6.45, 7) is 5.44. The zero-order valence-corrected chi connectivity index (χ0v) is 14.9. The van der Waals surface area contributed by atoms with Crippen LogP contribution in [0.15, 0.2) is 41.1 Å². The maximum atomic E-state index is 6.07. The minimum Gasteiger partial charge on any atom is -0.370 e. The number of rotatable bonds is 3. The van der Waals surface area contributed by atoms with Crippen LogP contribution in [-0.2, 0) is 6.54 Å². The fourth-order valence-corrected chi connectivity index (χ4v) is 3.54. The molecule has 0 amide bonds. The molecule has 0 saturated heterocycles. The molecule has 1 aliphatic rings. The summed E-state index contributed by atoms with van der Waals surface area (Å²) in [5.41, 5.74) is 5.29. The van der Waals surface area contributed by atoms with E-state index < -0.39 is 0 Å². The predicted octanol–water partition coefficient (Wildman–Crippen LogP) is 4.32. The van der Waals surface area contributed by atoms with Gasteiger partial charge in [-0.15, -0.1) is 0 Å². The number of benzene rings is 1. The number of anilines is 1. The lowest BCUT2D eigenvalue weighted by Gasteiger charge is -2.22. The van der Waals surface area contributed by atoms with E-state index in [-0.39, 0.29) is 6.04 Å². The first-order chi connectivity index (χ1) is 12.2. The second-order valence-electron chi connectivity index (χ2n) is 6.08. The fourth-order valence-electron chi connectivity index (χ4n) is 3.41. The summed E-state index contributed by atoms with van der Waals surface area (Å²) in [5, 5.41) is 11.8. The van der Waals surface area contributed by atoms with Gasteiger partial charge >= 0.3 is 0 Å². The monoisotopic (exact) mass is 354 g/mol. The van der Waals surface area contributed by atoms with E-state index in [2.05, 4.69) is 27.7 Å². The molecule has 0 spiro atoms. The van der Waals surface area contributed by atoms with Crippen LogP contribution in [0.2, 0.25) is 5.02 Å². The van der Waals surface area contributed by atoms with Gasteiger partial charge in [0.2, 0.25) is 0 Å². The minimum atomic E-state index is -0.0167. The molecule has 1 atom stereocenters. The van der Waals surface area contributed by atoms with Crippen molar-refractivity contribution in [2.24, 2.45) is 0 Å². The number of nitrogens with one attached hydrogen (secondary N) is 2. The van der Waals surface area contributed by atoms with Crippen LogP contribution >= 0.6 is 11.6 Å². The van der Waals surface area contributed by atoms with E-state index in [0.29, 0.717) is 6.54 Å². The number of aromatic nitrogens is 2. The number of halogens is 1. The van der Waals surface area contributed by atoms with E-state index in [9.17, 15) is 0 Å². The lowest BCUT2D eigenvalue weighted by Crippen LogP contribution is -2.22. The molecule has 2 aromatic heterocycles. The molecule has 25 heavy (non-hydrogen) atoms. The van der Waals surface area contributed by atoms with Crippen molar-refractivity contribution in [2.75, 3.05) is 11.9 Å². The van der Waals surface area contributed by atoms with Crippen LogP contribution < -0.4 is 10.6 Å². The zero-order valence-electron chi connectivity index (χ0n) is 14.1. The molecule has 0 radical (unpaired) electrons. The summed E-state index contributed by atoms with van der Waals surface area (Å²) < 4.78 is 5.55. The molecule has 3 aromatic rings. The first kappa shape index (κ1) is 16.1. The summed E-state index contributed by atoms with van der Waals surface area (Å²) in [6, 6.07) is 9.94. The van der Waals surface area contributed by atoms with E-state index in [1.54, 1.807) is 0 Å². The Kier molecular flexibility index (Phi) is 4.19. The average molecular weight is 355 g/mol. The summed E-state index contributed by atoms with van der Waals surface area (Å²) in [4.78, 5) is 4.58. The van der Waals surface area contributed by atoms with Gasteiger partial charge in [-0.2, -0.15) is 0 Å². The SMILES string of the molecule is CCNc1nccc2c1C(c1ccc(Cl)cc1)NCc1onc(C)c1-2. The Hall–Kier alpha value is -2.37. The second-order valence-corrected chi connectivity index (χ2v) is 6.52. The van der Waals surface area contributed by atoms with Crippen LogP contribution in [0, 0.1) is 6.92 Å². The molecular weight excluding hydrogens is 336 g/mol. The van der Waals surface area contributed by atoms with Crippen molar-refractivity contribution in [2.45, 2.75) is 26.4 Å². The molecule has 4 rings (SSSR count). The van der Waals surface area contributed by atoms with Gasteiger partial charge in [-0.05, 0) is 43.2 Å². The largest absolute Gasteiger partial charge is 0.370 e. The molecule has 0 fully saturated rings. The van der Waals surface area contributed by atoms with Crippen molar-refractivity contribution in [3.05, 3.63) is 64.1 Å². The molecule has 2 N–H and O–H groups in total. The third-order valence-corrected chi connectivity index (χ3v) is 4.75. The molecule has 128 valence electrons. The molecule has 5 nitrogen and oxygen atoms in total. The van der Waals surface area contributed by atoms with Crippen LogP contribution in [0.1, 0.15) is 35.5 Å². The van der Waals surface area contributed by atoms with E-state index in [1.807, 2.05) is 43.5 Å². The Morgan fingerprint density at radius 2 is 2.08 bits per heavy atom. The molecule has 6 heteroatoms. The molecule has 0 saturated carbocycles. The first-order valence-electron chi connectivity index (χ1n) is 8.36. The third-order valence-electron chi connectivity index (χ3n) is 4.50. The molecule has 0 bridgehead atoms. The topological polar surface area (TPSA) is 63.0 Å². The fraction of sp³-hybridized carbons (Fsp3) is 0.263. The minimum absolute atomic E-state index is 0.0167. The lowest BCUT2D eigenvalue weighted by atomic mass is 9.92. The maximum absolute atomic E-state index is 6.07. The van der Waals surface area contributed by atoms with Crippen LogP contribution in [-0.4, -0.2) is 16.7 Å². The molecule has 1 aromatic carbocycles. The highest BCUT2D eigenvalue weighted by Crippen LogP contribution is 2.41. The van der Waals surface area contributed by atoms with Gasteiger partial charge in [-0.1, -0.05) is 28.9 Å². The molecular formula is C19H19ClN4O. The number of aryl methyl sites for hydroxylation is 1. The number of fused-ring (bicyclic) bond motifs is 3. The van der Waals surface area contributed by atoms with Crippen LogP contribution in [0.25, 0.3) is 11.1 Å². The Morgan fingerprint density at radius 1 is 1.28 bits per heavy atom. The normalized spacial score (nSPS) is 16.0. The van der Waals surface area contributed by atoms with E-state index in [4.69, 9.17) is 16.1 Å². The maximum Gasteiger partial charge on any atom is 0.158 e. The van der Waals surface area contributed by atoms with Crippen molar-refractivity contribution in [3.8, 4) is 11.1 Å². The smallest absolute Gasteiger partial charge is 0.158 e. The zero-order chi connectivity index (χ0) is 17.4. The van der Waals surface area contributed by atoms with E-state index in [1.165, 1.54) is 0 Å². The van der Waals surface area contributed by atoms with Gasteiger partial charge in [-0.25, -0.2) is 4.98 Å². The van der Waals surface area contributed by atoms with Gasteiger partial charge in [0, 0.05) is 28.9 Å². The van der Waals surface area contributed by atoms with Crippen molar-refractivity contribution >= 4 is 17.4 Å².